The Labute approximate surface area is 131 Å². The average molecular weight is 300 g/mol. The smallest absolute Gasteiger partial charge is 0.253 e. The van der Waals surface area contributed by atoms with E-state index in [1.54, 1.807) is 0 Å². The third-order valence-electron chi connectivity index (χ3n) is 3.90. The fraction of sp³-hybridized carbons (Fsp3) is 0.471. The van der Waals surface area contributed by atoms with Gasteiger partial charge in [-0.15, -0.1) is 5.10 Å². The van der Waals surface area contributed by atoms with Crippen molar-refractivity contribution in [1.29, 1.82) is 0 Å². The third kappa shape index (κ3) is 3.53. The number of aromatic nitrogens is 3. The van der Waals surface area contributed by atoms with E-state index in [2.05, 4.69) is 17.0 Å². The van der Waals surface area contributed by atoms with E-state index in [0.29, 0.717) is 5.82 Å². The number of aryl methyl sites for hydroxylation is 1. The fourth-order valence-electron chi connectivity index (χ4n) is 2.44. The number of rotatable bonds is 6. The molecule has 1 aromatic heterocycles. The summed E-state index contributed by atoms with van der Waals surface area (Å²) < 4.78 is 1.26. The van der Waals surface area contributed by atoms with Crippen molar-refractivity contribution in [3.63, 3.8) is 0 Å². The summed E-state index contributed by atoms with van der Waals surface area (Å²) in [7, 11) is 0. The number of nitrogens with two attached hydrogens (primary N) is 1. The van der Waals surface area contributed by atoms with Crippen molar-refractivity contribution >= 4 is 11.9 Å². The maximum absolute atomic E-state index is 12.6. The minimum atomic E-state index is -0.0562. The van der Waals surface area contributed by atoms with Crippen molar-refractivity contribution in [3.05, 3.63) is 29.8 Å². The molecule has 0 fully saturated rings. The SMILES string of the molecule is CCCCC(CC)C(=O)n1nc(-c2ccc(C)cc2)nc1N. The molecule has 0 saturated heterocycles. The summed E-state index contributed by atoms with van der Waals surface area (Å²) >= 11 is 0. The lowest BCUT2D eigenvalue weighted by Gasteiger charge is -2.12. The molecular formula is C17H24N4O. The van der Waals surface area contributed by atoms with Gasteiger partial charge < -0.3 is 5.73 Å². The van der Waals surface area contributed by atoms with E-state index in [0.717, 1.165) is 36.8 Å². The molecule has 2 N–H and O–H groups in total. The van der Waals surface area contributed by atoms with Crippen LogP contribution < -0.4 is 5.73 Å². The van der Waals surface area contributed by atoms with Crippen molar-refractivity contribution < 1.29 is 4.79 Å². The van der Waals surface area contributed by atoms with Gasteiger partial charge in [-0.3, -0.25) is 4.79 Å². The Morgan fingerprint density at radius 1 is 1.27 bits per heavy atom. The lowest BCUT2D eigenvalue weighted by molar-refractivity contribution is 0.0807. The maximum atomic E-state index is 12.6. The zero-order valence-corrected chi connectivity index (χ0v) is 13.5. The van der Waals surface area contributed by atoms with Gasteiger partial charge in [0.2, 0.25) is 5.95 Å². The molecule has 0 bridgehead atoms. The molecule has 2 rings (SSSR count). The van der Waals surface area contributed by atoms with Crippen molar-refractivity contribution in [2.45, 2.75) is 46.5 Å². The molecule has 0 radical (unpaired) electrons. The molecule has 0 saturated carbocycles. The van der Waals surface area contributed by atoms with Gasteiger partial charge in [0.25, 0.3) is 5.91 Å². The van der Waals surface area contributed by atoms with Crippen LogP contribution >= 0.6 is 0 Å². The van der Waals surface area contributed by atoms with Gasteiger partial charge in [-0.05, 0) is 19.8 Å². The molecule has 22 heavy (non-hydrogen) atoms. The lowest BCUT2D eigenvalue weighted by atomic mass is 9.99. The van der Waals surface area contributed by atoms with Gasteiger partial charge in [-0.25, -0.2) is 0 Å². The van der Waals surface area contributed by atoms with Crippen molar-refractivity contribution in [1.82, 2.24) is 14.8 Å². The Bertz CT molecular complexity index is 631. The first-order valence-electron chi connectivity index (χ1n) is 7.90. The van der Waals surface area contributed by atoms with Crippen LogP contribution in [0.25, 0.3) is 11.4 Å². The Hall–Kier alpha value is -2.17. The van der Waals surface area contributed by atoms with Crippen molar-refractivity contribution in [3.8, 4) is 11.4 Å². The molecule has 5 nitrogen and oxygen atoms in total. The molecule has 1 heterocycles. The summed E-state index contributed by atoms with van der Waals surface area (Å²) in [6.07, 6.45) is 3.76. The van der Waals surface area contributed by atoms with Crippen LogP contribution in [0.5, 0.6) is 0 Å². The number of hydrogen-bond acceptors (Lipinski definition) is 4. The number of carbonyl (C=O) groups is 1. The molecule has 5 heteroatoms. The zero-order chi connectivity index (χ0) is 16.1. The molecule has 1 unspecified atom stereocenters. The van der Waals surface area contributed by atoms with Crippen molar-refractivity contribution in [2.24, 2.45) is 5.92 Å². The van der Waals surface area contributed by atoms with Gasteiger partial charge in [0.05, 0.1) is 0 Å². The number of nitrogens with zero attached hydrogens (tertiary/aromatic N) is 3. The second kappa shape index (κ2) is 7.20. The molecular weight excluding hydrogens is 276 g/mol. The molecule has 0 aliphatic rings. The standard InChI is InChI=1S/C17H24N4O/c1-4-6-7-13(5-2)16(22)21-17(18)19-15(20-21)14-10-8-12(3)9-11-14/h8-11,13H,4-7H2,1-3H3,(H2,18,19,20). The maximum Gasteiger partial charge on any atom is 0.253 e. The number of benzene rings is 1. The van der Waals surface area contributed by atoms with Crippen LogP contribution in [0.1, 0.15) is 49.9 Å². The molecule has 1 aromatic carbocycles. The Balaban J connectivity index is 2.25. The number of carbonyl (C=O) groups excluding carboxylic acids is 1. The van der Waals surface area contributed by atoms with E-state index < -0.39 is 0 Å². The average Bonchev–Trinajstić information content (AvgIpc) is 2.90. The van der Waals surface area contributed by atoms with Crippen LogP contribution in [0, 0.1) is 12.8 Å². The Kier molecular flexibility index (Phi) is 5.31. The largest absolute Gasteiger partial charge is 0.368 e. The topological polar surface area (TPSA) is 73.8 Å². The summed E-state index contributed by atoms with van der Waals surface area (Å²) in [5.41, 5.74) is 7.93. The summed E-state index contributed by atoms with van der Waals surface area (Å²) in [5.74, 6) is 0.556. The number of hydrogen-bond donors (Lipinski definition) is 1. The monoisotopic (exact) mass is 300 g/mol. The van der Waals surface area contributed by atoms with E-state index in [1.165, 1.54) is 4.68 Å². The van der Waals surface area contributed by atoms with E-state index in [4.69, 9.17) is 5.73 Å². The minimum absolute atomic E-state index is 0.0465. The van der Waals surface area contributed by atoms with Crippen molar-refractivity contribution in [2.75, 3.05) is 5.73 Å². The van der Waals surface area contributed by atoms with E-state index in [-0.39, 0.29) is 17.8 Å². The van der Waals surface area contributed by atoms with Crippen LogP contribution in [0.2, 0.25) is 0 Å². The first-order chi connectivity index (χ1) is 10.6. The van der Waals surface area contributed by atoms with Gasteiger partial charge in [-0.2, -0.15) is 9.67 Å². The van der Waals surface area contributed by atoms with Crippen LogP contribution in [-0.2, 0) is 0 Å². The van der Waals surface area contributed by atoms with Gasteiger partial charge >= 0.3 is 0 Å². The third-order valence-corrected chi connectivity index (χ3v) is 3.90. The minimum Gasteiger partial charge on any atom is -0.368 e. The predicted octanol–water partition coefficient (Wildman–Crippen LogP) is 3.69. The quantitative estimate of drug-likeness (QED) is 0.883. The summed E-state index contributed by atoms with van der Waals surface area (Å²) in [6.45, 7) is 6.16. The zero-order valence-electron chi connectivity index (χ0n) is 13.5. The highest BCUT2D eigenvalue weighted by molar-refractivity contribution is 5.83. The Morgan fingerprint density at radius 3 is 2.55 bits per heavy atom. The summed E-state index contributed by atoms with van der Waals surface area (Å²) in [4.78, 5) is 16.8. The molecule has 1 atom stereocenters. The fourth-order valence-corrected chi connectivity index (χ4v) is 2.44. The second-order valence-corrected chi connectivity index (χ2v) is 5.66. The number of nitrogen functional groups attached to an aromatic ring is 1. The summed E-state index contributed by atoms with van der Waals surface area (Å²) in [5, 5.41) is 4.32. The van der Waals surface area contributed by atoms with E-state index >= 15 is 0 Å². The van der Waals surface area contributed by atoms with Gasteiger partial charge in [0.1, 0.15) is 0 Å². The van der Waals surface area contributed by atoms with Crippen LogP contribution in [0.3, 0.4) is 0 Å². The van der Waals surface area contributed by atoms with Gasteiger partial charge in [0, 0.05) is 11.5 Å². The number of unbranched alkanes of at least 4 members (excludes halogenated alkanes) is 1. The van der Waals surface area contributed by atoms with Gasteiger partial charge in [0.15, 0.2) is 5.82 Å². The number of anilines is 1. The highest BCUT2D eigenvalue weighted by Gasteiger charge is 2.22. The molecule has 118 valence electrons. The molecule has 0 amide bonds. The lowest BCUT2D eigenvalue weighted by Crippen LogP contribution is -2.24. The molecule has 2 aromatic rings. The summed E-state index contributed by atoms with van der Waals surface area (Å²) in [6, 6.07) is 7.86. The highest BCUT2D eigenvalue weighted by atomic mass is 16.2. The van der Waals surface area contributed by atoms with Crippen LogP contribution in [0.15, 0.2) is 24.3 Å². The Morgan fingerprint density at radius 2 is 1.95 bits per heavy atom. The highest BCUT2D eigenvalue weighted by Crippen LogP contribution is 2.20. The molecule has 0 aliphatic heterocycles. The van der Waals surface area contributed by atoms with Gasteiger partial charge in [-0.1, -0.05) is 56.5 Å². The van der Waals surface area contributed by atoms with E-state index in [9.17, 15) is 4.79 Å². The van der Waals surface area contributed by atoms with E-state index in [1.807, 2.05) is 38.1 Å². The normalized spacial score (nSPS) is 12.3. The first kappa shape index (κ1) is 16.2. The molecule has 0 aliphatic carbocycles. The second-order valence-electron chi connectivity index (χ2n) is 5.66. The van der Waals surface area contributed by atoms with Crippen LogP contribution in [-0.4, -0.2) is 20.7 Å². The first-order valence-corrected chi connectivity index (χ1v) is 7.90. The molecule has 0 spiro atoms. The van der Waals surface area contributed by atoms with Crippen LogP contribution in [0.4, 0.5) is 5.95 Å². The predicted molar refractivity (Wildman–Crippen MR) is 88.5 cm³/mol.